The average molecular weight is 266 g/mol. The van der Waals surface area contributed by atoms with Gasteiger partial charge < -0.3 is 19.7 Å². The Hall–Kier alpha value is -1.56. The molecule has 2 atom stereocenters. The number of morpholine rings is 1. The zero-order valence-corrected chi connectivity index (χ0v) is 12.0. The lowest BCUT2D eigenvalue weighted by Crippen LogP contribution is -2.46. The summed E-state index contributed by atoms with van der Waals surface area (Å²) >= 11 is 0. The van der Waals surface area contributed by atoms with Gasteiger partial charge in [-0.05, 0) is 20.8 Å². The molecule has 2 heterocycles. The maximum Gasteiger partial charge on any atom is 0.204 e. The Labute approximate surface area is 114 Å². The number of hydrogen-bond donors (Lipinski definition) is 1. The van der Waals surface area contributed by atoms with Crippen LogP contribution in [0.4, 0.5) is 11.6 Å². The molecule has 0 saturated carbocycles. The highest BCUT2D eigenvalue weighted by atomic mass is 16.5. The third kappa shape index (κ3) is 3.07. The zero-order chi connectivity index (χ0) is 13.8. The number of nitrogens with one attached hydrogen (secondary N) is 1. The molecule has 1 aromatic rings. The molecule has 106 valence electrons. The molecule has 1 N–H and O–H groups in total. The van der Waals surface area contributed by atoms with Crippen LogP contribution in [-0.2, 0) is 4.74 Å². The van der Waals surface area contributed by atoms with Crippen LogP contribution in [0.2, 0.25) is 0 Å². The molecule has 1 fully saturated rings. The number of rotatable bonds is 4. The minimum Gasteiger partial charge on any atom is -0.490 e. The molecule has 0 aromatic carbocycles. The van der Waals surface area contributed by atoms with Crippen LogP contribution in [0.3, 0.4) is 0 Å². The Morgan fingerprint density at radius 3 is 2.63 bits per heavy atom. The molecule has 6 heteroatoms. The maximum atomic E-state index is 5.75. The van der Waals surface area contributed by atoms with E-state index in [0.717, 1.165) is 31.3 Å². The summed E-state index contributed by atoms with van der Waals surface area (Å²) in [5.74, 6) is 2.27. The maximum absolute atomic E-state index is 5.75. The van der Waals surface area contributed by atoms with Crippen LogP contribution < -0.4 is 15.0 Å². The van der Waals surface area contributed by atoms with Crippen LogP contribution in [0.25, 0.3) is 0 Å². The van der Waals surface area contributed by atoms with E-state index in [-0.39, 0.29) is 12.2 Å². The summed E-state index contributed by atoms with van der Waals surface area (Å²) < 4.78 is 11.2. The van der Waals surface area contributed by atoms with E-state index in [4.69, 9.17) is 9.47 Å². The van der Waals surface area contributed by atoms with E-state index in [9.17, 15) is 0 Å². The first-order chi connectivity index (χ1) is 9.15. The third-order valence-corrected chi connectivity index (χ3v) is 3.05. The molecule has 0 spiro atoms. The van der Waals surface area contributed by atoms with Crippen molar-refractivity contribution in [2.45, 2.75) is 33.0 Å². The number of aromatic nitrogens is 2. The fourth-order valence-corrected chi connectivity index (χ4v) is 2.42. The molecule has 2 unspecified atom stereocenters. The van der Waals surface area contributed by atoms with E-state index in [1.165, 1.54) is 0 Å². The molecule has 0 radical (unpaired) electrons. The molecule has 1 aliphatic rings. The second-order valence-electron chi connectivity index (χ2n) is 4.77. The van der Waals surface area contributed by atoms with Gasteiger partial charge in [0.2, 0.25) is 5.75 Å². The number of ether oxygens (including phenoxy) is 2. The number of hydrogen-bond acceptors (Lipinski definition) is 6. The summed E-state index contributed by atoms with van der Waals surface area (Å²) in [6, 6.07) is 0. The first kappa shape index (κ1) is 13.9. The van der Waals surface area contributed by atoms with Gasteiger partial charge in [-0.3, -0.25) is 0 Å². The Kier molecular flexibility index (Phi) is 4.42. The molecule has 19 heavy (non-hydrogen) atoms. The van der Waals surface area contributed by atoms with Crippen molar-refractivity contribution in [2.24, 2.45) is 0 Å². The van der Waals surface area contributed by atoms with Crippen LogP contribution in [0.1, 0.15) is 20.8 Å². The van der Waals surface area contributed by atoms with Crippen LogP contribution in [0.15, 0.2) is 6.33 Å². The molecule has 0 amide bonds. The minimum absolute atomic E-state index is 0.186. The zero-order valence-electron chi connectivity index (χ0n) is 12.0. The highest BCUT2D eigenvalue weighted by molar-refractivity contribution is 5.64. The second-order valence-corrected chi connectivity index (χ2v) is 4.77. The molecule has 1 saturated heterocycles. The van der Waals surface area contributed by atoms with Crippen molar-refractivity contribution >= 4 is 11.6 Å². The fourth-order valence-electron chi connectivity index (χ4n) is 2.42. The van der Waals surface area contributed by atoms with E-state index >= 15 is 0 Å². The summed E-state index contributed by atoms with van der Waals surface area (Å²) in [7, 11) is 1.65. The van der Waals surface area contributed by atoms with E-state index in [1.807, 2.05) is 6.92 Å². The van der Waals surface area contributed by atoms with Crippen LogP contribution in [0, 0.1) is 0 Å². The van der Waals surface area contributed by atoms with Crippen molar-refractivity contribution in [3.63, 3.8) is 0 Å². The summed E-state index contributed by atoms with van der Waals surface area (Å²) in [5, 5.41) is 3.19. The van der Waals surface area contributed by atoms with Gasteiger partial charge >= 0.3 is 0 Å². The first-order valence-corrected chi connectivity index (χ1v) is 6.69. The van der Waals surface area contributed by atoms with Crippen molar-refractivity contribution in [1.29, 1.82) is 0 Å². The highest BCUT2D eigenvalue weighted by Crippen LogP contribution is 2.33. The van der Waals surface area contributed by atoms with Crippen LogP contribution in [0.5, 0.6) is 5.75 Å². The standard InChI is InChI=1S/C13H22N4O2/c1-5-14-12-11(18-4)13(16-8-15-12)17-6-9(2)19-10(3)7-17/h8-10H,5-7H2,1-4H3,(H,14,15,16). The largest absolute Gasteiger partial charge is 0.490 e. The van der Waals surface area contributed by atoms with E-state index in [2.05, 4.69) is 34.0 Å². The average Bonchev–Trinajstić information content (AvgIpc) is 2.37. The van der Waals surface area contributed by atoms with Crippen molar-refractivity contribution in [3.05, 3.63) is 6.33 Å². The van der Waals surface area contributed by atoms with Gasteiger partial charge in [0.15, 0.2) is 11.6 Å². The van der Waals surface area contributed by atoms with Gasteiger partial charge in [0, 0.05) is 19.6 Å². The topological polar surface area (TPSA) is 59.5 Å². The van der Waals surface area contributed by atoms with Gasteiger partial charge in [-0.1, -0.05) is 0 Å². The summed E-state index contributed by atoms with van der Waals surface area (Å²) in [6.07, 6.45) is 1.94. The van der Waals surface area contributed by atoms with E-state index in [1.54, 1.807) is 13.4 Å². The number of nitrogens with zero attached hydrogens (tertiary/aromatic N) is 3. The Bertz CT molecular complexity index is 417. The van der Waals surface area contributed by atoms with Gasteiger partial charge in [0.25, 0.3) is 0 Å². The van der Waals surface area contributed by atoms with Crippen LogP contribution in [-0.4, -0.2) is 48.9 Å². The number of anilines is 2. The molecule has 0 aliphatic carbocycles. The minimum atomic E-state index is 0.186. The molecule has 2 rings (SSSR count). The lowest BCUT2D eigenvalue weighted by Gasteiger charge is -2.36. The summed E-state index contributed by atoms with van der Waals surface area (Å²) in [6.45, 7) is 8.58. The molecule has 1 aromatic heterocycles. The summed E-state index contributed by atoms with van der Waals surface area (Å²) in [4.78, 5) is 10.8. The van der Waals surface area contributed by atoms with Gasteiger partial charge in [0.1, 0.15) is 6.33 Å². The normalized spacial score (nSPS) is 23.3. The predicted molar refractivity (Wildman–Crippen MR) is 75.0 cm³/mol. The first-order valence-electron chi connectivity index (χ1n) is 6.69. The van der Waals surface area contributed by atoms with Gasteiger partial charge in [-0.15, -0.1) is 0 Å². The van der Waals surface area contributed by atoms with Crippen molar-refractivity contribution in [1.82, 2.24) is 9.97 Å². The van der Waals surface area contributed by atoms with Gasteiger partial charge in [-0.25, -0.2) is 9.97 Å². The van der Waals surface area contributed by atoms with Gasteiger partial charge in [0.05, 0.1) is 19.3 Å². The Balaban J connectivity index is 2.30. The molecule has 6 nitrogen and oxygen atoms in total. The summed E-state index contributed by atoms with van der Waals surface area (Å²) in [5.41, 5.74) is 0. The Morgan fingerprint density at radius 2 is 2.05 bits per heavy atom. The molecular formula is C13H22N4O2. The third-order valence-electron chi connectivity index (χ3n) is 3.05. The SMILES string of the molecule is CCNc1ncnc(N2CC(C)OC(C)C2)c1OC. The van der Waals surface area contributed by atoms with Crippen LogP contribution >= 0.6 is 0 Å². The lowest BCUT2D eigenvalue weighted by molar-refractivity contribution is -0.00558. The monoisotopic (exact) mass is 266 g/mol. The molecule has 0 bridgehead atoms. The quantitative estimate of drug-likeness (QED) is 0.892. The van der Waals surface area contributed by atoms with Gasteiger partial charge in [-0.2, -0.15) is 0 Å². The second kappa shape index (κ2) is 6.06. The molecule has 1 aliphatic heterocycles. The van der Waals surface area contributed by atoms with E-state index in [0.29, 0.717) is 5.75 Å². The number of methoxy groups -OCH3 is 1. The highest BCUT2D eigenvalue weighted by Gasteiger charge is 2.26. The predicted octanol–water partition coefficient (Wildman–Crippen LogP) is 1.53. The van der Waals surface area contributed by atoms with Crippen molar-refractivity contribution in [2.75, 3.05) is 37.0 Å². The molecular weight excluding hydrogens is 244 g/mol. The smallest absolute Gasteiger partial charge is 0.204 e. The lowest BCUT2D eigenvalue weighted by atomic mass is 10.2. The van der Waals surface area contributed by atoms with E-state index < -0.39 is 0 Å². The van der Waals surface area contributed by atoms with Crippen molar-refractivity contribution < 1.29 is 9.47 Å². The Morgan fingerprint density at radius 1 is 1.37 bits per heavy atom. The van der Waals surface area contributed by atoms with Crippen molar-refractivity contribution in [3.8, 4) is 5.75 Å². The fraction of sp³-hybridized carbons (Fsp3) is 0.692.